The molecule has 1 rings (SSSR count). The zero-order chi connectivity index (χ0) is 16.4. The van der Waals surface area contributed by atoms with Crippen LogP contribution in [-0.4, -0.2) is 22.4 Å². The maximum absolute atomic E-state index is 12.3. The lowest BCUT2D eigenvalue weighted by molar-refractivity contribution is -0.385. The number of hydrogen-bond donors (Lipinski definition) is 1. The van der Waals surface area contributed by atoms with Gasteiger partial charge in [0.15, 0.2) is 0 Å². The lowest BCUT2D eigenvalue weighted by atomic mass is 10.1. The molecule has 0 spiro atoms. The lowest BCUT2D eigenvalue weighted by Gasteiger charge is -2.16. The van der Waals surface area contributed by atoms with Crippen molar-refractivity contribution in [3.63, 3.8) is 0 Å². The lowest BCUT2D eigenvalue weighted by Crippen LogP contribution is -2.26. The van der Waals surface area contributed by atoms with E-state index >= 15 is 0 Å². The van der Waals surface area contributed by atoms with Crippen LogP contribution in [0.3, 0.4) is 0 Å². The second-order valence-corrected chi connectivity index (χ2v) is 3.87. The van der Waals surface area contributed by atoms with E-state index < -0.39 is 46.3 Å². The molecule has 0 aliphatic carbocycles. The number of hydrogen-bond acceptors (Lipinski definition) is 3. The predicted molar refractivity (Wildman–Crippen MR) is 58.2 cm³/mol. The van der Waals surface area contributed by atoms with Gasteiger partial charge in [0.05, 0.1) is 11.0 Å². The SMILES string of the molecule is O=[N+]([O-])c1cccc(C(O)C=C(C(F)(F)F)C(F)(F)F)c1. The molecule has 0 amide bonds. The Morgan fingerprint density at radius 2 is 1.71 bits per heavy atom. The van der Waals surface area contributed by atoms with Gasteiger partial charge in [0.1, 0.15) is 5.57 Å². The first-order valence-corrected chi connectivity index (χ1v) is 5.21. The van der Waals surface area contributed by atoms with Crippen molar-refractivity contribution < 1.29 is 36.4 Å². The van der Waals surface area contributed by atoms with E-state index in [1.165, 1.54) is 0 Å². The molecule has 0 fully saturated rings. The van der Waals surface area contributed by atoms with Crippen molar-refractivity contribution in [1.82, 2.24) is 0 Å². The molecule has 1 atom stereocenters. The molecular weight excluding hydrogens is 308 g/mol. The minimum absolute atomic E-state index is 0.431. The van der Waals surface area contributed by atoms with E-state index in [4.69, 9.17) is 0 Å². The van der Waals surface area contributed by atoms with Crippen LogP contribution >= 0.6 is 0 Å². The van der Waals surface area contributed by atoms with Crippen LogP contribution in [0.4, 0.5) is 32.0 Å². The van der Waals surface area contributed by atoms with Gasteiger partial charge in [-0.25, -0.2) is 0 Å². The van der Waals surface area contributed by atoms with Gasteiger partial charge >= 0.3 is 12.4 Å². The average Bonchev–Trinajstić information content (AvgIpc) is 2.33. The topological polar surface area (TPSA) is 63.4 Å². The van der Waals surface area contributed by atoms with Gasteiger partial charge in [-0.3, -0.25) is 10.1 Å². The number of allylic oxidation sites excluding steroid dienone is 1. The molecule has 0 heterocycles. The molecule has 10 heteroatoms. The number of alkyl halides is 6. The predicted octanol–water partition coefficient (Wildman–Crippen LogP) is 3.68. The summed E-state index contributed by atoms with van der Waals surface area (Å²) in [5, 5.41) is 19.9. The molecule has 21 heavy (non-hydrogen) atoms. The summed E-state index contributed by atoms with van der Waals surface area (Å²) in [6.45, 7) is 0. The number of aliphatic hydroxyl groups excluding tert-OH is 1. The first-order chi connectivity index (χ1) is 9.43. The first-order valence-electron chi connectivity index (χ1n) is 5.21. The van der Waals surface area contributed by atoms with E-state index in [-0.39, 0.29) is 0 Å². The molecule has 116 valence electrons. The Hall–Kier alpha value is -2.10. The van der Waals surface area contributed by atoms with Gasteiger partial charge in [-0.05, 0) is 11.6 Å². The number of non-ortho nitro benzene ring substituents is 1. The van der Waals surface area contributed by atoms with Crippen LogP contribution < -0.4 is 0 Å². The molecule has 1 unspecified atom stereocenters. The summed E-state index contributed by atoms with van der Waals surface area (Å²) in [5.74, 6) is 0. The maximum Gasteiger partial charge on any atom is 0.421 e. The van der Waals surface area contributed by atoms with Crippen LogP contribution in [0, 0.1) is 10.1 Å². The second-order valence-electron chi connectivity index (χ2n) is 3.87. The van der Waals surface area contributed by atoms with Crippen LogP contribution in [0.5, 0.6) is 0 Å². The molecule has 0 radical (unpaired) electrons. The number of rotatable bonds is 3. The van der Waals surface area contributed by atoms with E-state index in [0.29, 0.717) is 6.07 Å². The summed E-state index contributed by atoms with van der Waals surface area (Å²) < 4.78 is 73.8. The van der Waals surface area contributed by atoms with Gasteiger partial charge in [0.2, 0.25) is 0 Å². The number of nitrogens with zero attached hydrogens (tertiary/aromatic N) is 1. The van der Waals surface area contributed by atoms with Crippen molar-refractivity contribution in [2.75, 3.05) is 0 Å². The molecule has 1 aromatic carbocycles. The maximum atomic E-state index is 12.3. The molecule has 0 aliphatic rings. The Morgan fingerprint density at radius 3 is 2.14 bits per heavy atom. The summed E-state index contributed by atoms with van der Waals surface area (Å²) in [4.78, 5) is 9.57. The van der Waals surface area contributed by atoms with Gasteiger partial charge in [0.25, 0.3) is 5.69 Å². The molecule has 1 aromatic rings. The third kappa shape index (κ3) is 4.45. The van der Waals surface area contributed by atoms with Gasteiger partial charge in [-0.2, -0.15) is 26.3 Å². The molecule has 1 N–H and O–H groups in total. The van der Waals surface area contributed by atoms with Gasteiger partial charge in [0, 0.05) is 12.1 Å². The van der Waals surface area contributed by atoms with Crippen molar-refractivity contribution >= 4 is 5.69 Å². The second kappa shape index (κ2) is 5.72. The summed E-state index contributed by atoms with van der Waals surface area (Å²) in [5.41, 5.74) is -3.91. The van der Waals surface area contributed by atoms with E-state index in [9.17, 15) is 41.6 Å². The molecule has 0 aliphatic heterocycles. The zero-order valence-corrected chi connectivity index (χ0v) is 9.94. The van der Waals surface area contributed by atoms with Crippen LogP contribution in [0.15, 0.2) is 35.9 Å². The van der Waals surface area contributed by atoms with Crippen molar-refractivity contribution in [2.24, 2.45) is 0 Å². The summed E-state index contributed by atoms with van der Waals surface area (Å²) in [6, 6.07) is 3.67. The van der Waals surface area contributed by atoms with Crippen molar-refractivity contribution in [3.05, 3.63) is 51.6 Å². The van der Waals surface area contributed by atoms with E-state index in [1.807, 2.05) is 0 Å². The molecule has 4 nitrogen and oxygen atoms in total. The van der Waals surface area contributed by atoms with Crippen LogP contribution in [0.1, 0.15) is 11.7 Å². The standard InChI is InChI=1S/C11H7F6NO3/c12-10(13,14)9(11(15,16)17)5-8(19)6-2-1-3-7(4-6)18(20)21/h1-5,8,19H. The Morgan fingerprint density at radius 1 is 1.19 bits per heavy atom. The fraction of sp³-hybridized carbons (Fsp3) is 0.273. The highest BCUT2D eigenvalue weighted by Crippen LogP contribution is 2.40. The number of nitro benzene ring substituents is 1. The van der Waals surface area contributed by atoms with E-state index in [0.717, 1.165) is 18.2 Å². The fourth-order valence-electron chi connectivity index (χ4n) is 1.43. The molecule has 0 bridgehead atoms. The first kappa shape index (κ1) is 17.0. The van der Waals surface area contributed by atoms with Gasteiger partial charge < -0.3 is 5.11 Å². The molecule has 0 saturated carbocycles. The smallest absolute Gasteiger partial charge is 0.384 e. The highest BCUT2D eigenvalue weighted by Gasteiger charge is 2.51. The van der Waals surface area contributed by atoms with Crippen LogP contribution in [-0.2, 0) is 0 Å². The van der Waals surface area contributed by atoms with Crippen molar-refractivity contribution in [3.8, 4) is 0 Å². The molecule has 0 aromatic heterocycles. The minimum atomic E-state index is -5.71. The highest BCUT2D eigenvalue weighted by atomic mass is 19.4. The van der Waals surface area contributed by atoms with Gasteiger partial charge in [-0.15, -0.1) is 0 Å². The Bertz CT molecular complexity index is 548. The summed E-state index contributed by atoms with van der Waals surface area (Å²) in [7, 11) is 0. The van der Waals surface area contributed by atoms with Crippen LogP contribution in [0.2, 0.25) is 0 Å². The Kier molecular flexibility index (Phi) is 4.62. The largest absolute Gasteiger partial charge is 0.421 e. The number of benzene rings is 1. The average molecular weight is 315 g/mol. The van der Waals surface area contributed by atoms with E-state index in [2.05, 4.69) is 0 Å². The number of halogens is 6. The number of aliphatic hydroxyl groups is 1. The van der Waals surface area contributed by atoms with Crippen LogP contribution in [0.25, 0.3) is 0 Å². The summed E-state index contributed by atoms with van der Waals surface area (Å²) >= 11 is 0. The normalized spacial score (nSPS) is 13.7. The molecule has 0 saturated heterocycles. The van der Waals surface area contributed by atoms with Gasteiger partial charge in [-0.1, -0.05) is 12.1 Å². The van der Waals surface area contributed by atoms with Crippen molar-refractivity contribution in [1.29, 1.82) is 0 Å². The molecular formula is C11H7F6NO3. The summed E-state index contributed by atoms with van der Waals surface area (Å²) in [6.07, 6.45) is -14.1. The third-order valence-corrected chi connectivity index (χ3v) is 2.36. The Labute approximate surface area is 113 Å². The third-order valence-electron chi connectivity index (χ3n) is 2.36. The minimum Gasteiger partial charge on any atom is -0.384 e. The van der Waals surface area contributed by atoms with Crippen molar-refractivity contribution in [2.45, 2.75) is 18.5 Å². The Balaban J connectivity index is 3.23. The zero-order valence-electron chi connectivity index (χ0n) is 9.94. The fourth-order valence-corrected chi connectivity index (χ4v) is 1.43. The highest BCUT2D eigenvalue weighted by molar-refractivity contribution is 5.37. The quantitative estimate of drug-likeness (QED) is 0.400. The number of nitro groups is 1. The van der Waals surface area contributed by atoms with E-state index in [1.54, 1.807) is 0 Å². The monoisotopic (exact) mass is 315 g/mol.